The number of sulfonamides is 1. The zero-order valence-electron chi connectivity index (χ0n) is 11.1. The Hall–Kier alpha value is -1.77. The van der Waals surface area contributed by atoms with Crippen LogP contribution in [0.4, 0.5) is 0 Å². The van der Waals surface area contributed by atoms with Gasteiger partial charge in [0.1, 0.15) is 0 Å². The van der Waals surface area contributed by atoms with Gasteiger partial charge in [0.05, 0.1) is 6.33 Å². The van der Waals surface area contributed by atoms with Crippen molar-refractivity contribution in [3.63, 3.8) is 0 Å². The molecule has 0 radical (unpaired) electrons. The van der Waals surface area contributed by atoms with Crippen molar-refractivity contribution in [1.82, 2.24) is 25.0 Å². The third-order valence-corrected chi connectivity index (χ3v) is 4.07. The molecule has 2 rings (SSSR count). The van der Waals surface area contributed by atoms with Gasteiger partial charge in [-0.15, -0.1) is 0 Å². The van der Waals surface area contributed by atoms with Crippen LogP contribution in [-0.4, -0.2) is 37.0 Å². The standard InChI is InChI=1S/C12H17N5O2S/c1-13-6-10-2-3-12(15-7-10)20(18,19)17-5-4-11-8-14-9-16-11/h2-3,7-9,13,17H,4-6H2,1H3,(H,14,16). The number of aromatic nitrogens is 3. The van der Waals surface area contributed by atoms with E-state index in [9.17, 15) is 8.42 Å². The summed E-state index contributed by atoms with van der Waals surface area (Å²) in [5.74, 6) is 0. The zero-order valence-corrected chi connectivity index (χ0v) is 11.9. The van der Waals surface area contributed by atoms with Gasteiger partial charge in [-0.1, -0.05) is 6.07 Å². The molecule has 0 bridgehead atoms. The molecule has 0 atom stereocenters. The van der Waals surface area contributed by atoms with Crippen molar-refractivity contribution in [2.75, 3.05) is 13.6 Å². The number of pyridine rings is 1. The van der Waals surface area contributed by atoms with Gasteiger partial charge in [-0.2, -0.15) is 0 Å². The van der Waals surface area contributed by atoms with Gasteiger partial charge >= 0.3 is 0 Å². The minimum Gasteiger partial charge on any atom is -0.348 e. The molecule has 0 aliphatic carbocycles. The molecule has 0 unspecified atom stereocenters. The fourth-order valence-electron chi connectivity index (χ4n) is 1.69. The van der Waals surface area contributed by atoms with E-state index in [1.165, 1.54) is 6.07 Å². The van der Waals surface area contributed by atoms with E-state index in [1.54, 1.807) is 24.8 Å². The van der Waals surface area contributed by atoms with Crippen LogP contribution in [0.25, 0.3) is 0 Å². The lowest BCUT2D eigenvalue weighted by atomic mass is 10.3. The molecule has 7 nitrogen and oxygen atoms in total. The van der Waals surface area contributed by atoms with Crippen molar-refractivity contribution >= 4 is 10.0 Å². The van der Waals surface area contributed by atoms with Crippen LogP contribution in [0.2, 0.25) is 0 Å². The second-order valence-corrected chi connectivity index (χ2v) is 5.97. The molecule has 8 heteroatoms. The summed E-state index contributed by atoms with van der Waals surface area (Å²) < 4.78 is 26.5. The third kappa shape index (κ3) is 3.86. The van der Waals surface area contributed by atoms with Crippen LogP contribution in [0.5, 0.6) is 0 Å². The molecule has 0 spiro atoms. The zero-order chi connectivity index (χ0) is 14.4. The van der Waals surface area contributed by atoms with Crippen molar-refractivity contribution < 1.29 is 8.42 Å². The van der Waals surface area contributed by atoms with Gasteiger partial charge in [0.2, 0.25) is 0 Å². The number of aromatic amines is 1. The van der Waals surface area contributed by atoms with Crippen LogP contribution in [0, 0.1) is 0 Å². The fourth-order valence-corrected chi connectivity index (χ4v) is 2.65. The maximum atomic E-state index is 12.0. The highest BCUT2D eigenvalue weighted by Crippen LogP contribution is 2.06. The van der Waals surface area contributed by atoms with E-state index >= 15 is 0 Å². The van der Waals surface area contributed by atoms with Gasteiger partial charge in [-0.05, 0) is 18.7 Å². The molecule has 0 fully saturated rings. The smallest absolute Gasteiger partial charge is 0.258 e. The van der Waals surface area contributed by atoms with E-state index in [2.05, 4.69) is 25.0 Å². The Morgan fingerprint density at radius 3 is 2.75 bits per heavy atom. The van der Waals surface area contributed by atoms with Gasteiger partial charge in [-0.3, -0.25) is 0 Å². The molecule has 0 aromatic carbocycles. The highest BCUT2D eigenvalue weighted by molar-refractivity contribution is 7.89. The molecule has 0 saturated carbocycles. The molecule has 0 saturated heterocycles. The summed E-state index contributed by atoms with van der Waals surface area (Å²) in [6.07, 6.45) is 5.34. The number of hydrogen-bond acceptors (Lipinski definition) is 5. The Balaban J connectivity index is 1.95. The topological polar surface area (TPSA) is 99.8 Å². The van der Waals surface area contributed by atoms with E-state index in [1.807, 2.05) is 7.05 Å². The molecule has 0 aliphatic heterocycles. The second kappa shape index (κ2) is 6.60. The van der Waals surface area contributed by atoms with Crippen LogP contribution < -0.4 is 10.0 Å². The lowest BCUT2D eigenvalue weighted by molar-refractivity contribution is 0.577. The molecular weight excluding hydrogens is 278 g/mol. The average Bonchev–Trinajstić information content (AvgIpc) is 2.93. The Labute approximate surface area is 117 Å². The van der Waals surface area contributed by atoms with Gasteiger partial charge in [0.15, 0.2) is 5.03 Å². The van der Waals surface area contributed by atoms with Crippen LogP contribution in [-0.2, 0) is 23.0 Å². The number of rotatable bonds is 7. The van der Waals surface area contributed by atoms with E-state index < -0.39 is 10.0 Å². The maximum absolute atomic E-state index is 12.0. The SMILES string of the molecule is CNCc1ccc(S(=O)(=O)NCCc2cnc[nH]2)nc1. The van der Waals surface area contributed by atoms with Crippen LogP contribution >= 0.6 is 0 Å². The van der Waals surface area contributed by atoms with E-state index in [4.69, 9.17) is 0 Å². The summed E-state index contributed by atoms with van der Waals surface area (Å²) in [5, 5.41) is 3.01. The maximum Gasteiger partial charge on any atom is 0.258 e. The second-order valence-electron chi connectivity index (χ2n) is 4.26. The van der Waals surface area contributed by atoms with Crippen LogP contribution in [0.15, 0.2) is 35.9 Å². The highest BCUT2D eigenvalue weighted by Gasteiger charge is 2.14. The molecule has 2 aromatic heterocycles. The molecular formula is C12H17N5O2S. The van der Waals surface area contributed by atoms with Gasteiger partial charge in [0, 0.05) is 37.6 Å². The summed E-state index contributed by atoms with van der Waals surface area (Å²) in [4.78, 5) is 10.8. The average molecular weight is 295 g/mol. The molecule has 2 heterocycles. The van der Waals surface area contributed by atoms with Crippen molar-refractivity contribution in [3.05, 3.63) is 42.1 Å². The lowest BCUT2D eigenvalue weighted by Crippen LogP contribution is -2.26. The summed E-state index contributed by atoms with van der Waals surface area (Å²) in [6.45, 7) is 0.949. The number of hydrogen-bond donors (Lipinski definition) is 3. The Bertz CT molecular complexity index is 622. The molecule has 2 aromatic rings. The Kier molecular flexibility index (Phi) is 4.83. The molecule has 3 N–H and O–H groups in total. The first-order valence-corrected chi connectivity index (χ1v) is 7.66. The van der Waals surface area contributed by atoms with Crippen molar-refractivity contribution in [2.45, 2.75) is 18.0 Å². The fraction of sp³-hybridized carbons (Fsp3) is 0.333. The largest absolute Gasteiger partial charge is 0.348 e. The first-order chi connectivity index (χ1) is 9.62. The molecule has 0 aliphatic rings. The molecule has 0 amide bonds. The third-order valence-electron chi connectivity index (χ3n) is 2.70. The van der Waals surface area contributed by atoms with Crippen LogP contribution in [0.1, 0.15) is 11.3 Å². The summed E-state index contributed by atoms with van der Waals surface area (Å²) in [7, 11) is -1.74. The number of nitrogens with one attached hydrogen (secondary N) is 3. The first-order valence-electron chi connectivity index (χ1n) is 6.18. The molecule has 20 heavy (non-hydrogen) atoms. The van der Waals surface area contributed by atoms with Crippen molar-refractivity contribution in [1.29, 1.82) is 0 Å². The van der Waals surface area contributed by atoms with Crippen molar-refractivity contribution in [2.24, 2.45) is 0 Å². The molecule has 108 valence electrons. The number of imidazole rings is 1. The minimum absolute atomic E-state index is 0.0296. The van der Waals surface area contributed by atoms with Gasteiger partial charge in [0.25, 0.3) is 10.0 Å². The normalized spacial score (nSPS) is 11.7. The van der Waals surface area contributed by atoms with Gasteiger partial charge < -0.3 is 10.3 Å². The minimum atomic E-state index is -3.56. The number of H-pyrrole nitrogens is 1. The summed E-state index contributed by atoms with van der Waals surface area (Å²) in [6, 6.07) is 3.25. The first kappa shape index (κ1) is 14.6. The monoisotopic (exact) mass is 295 g/mol. The summed E-state index contributed by atoms with van der Waals surface area (Å²) >= 11 is 0. The van der Waals surface area contributed by atoms with E-state index in [0.717, 1.165) is 11.3 Å². The van der Waals surface area contributed by atoms with Gasteiger partial charge in [-0.25, -0.2) is 23.1 Å². The predicted molar refractivity (Wildman–Crippen MR) is 74.5 cm³/mol. The summed E-state index contributed by atoms with van der Waals surface area (Å²) in [5.41, 5.74) is 1.81. The Morgan fingerprint density at radius 1 is 1.30 bits per heavy atom. The highest BCUT2D eigenvalue weighted by atomic mass is 32.2. The Morgan fingerprint density at radius 2 is 2.15 bits per heavy atom. The van der Waals surface area contributed by atoms with Crippen molar-refractivity contribution in [3.8, 4) is 0 Å². The van der Waals surface area contributed by atoms with Crippen LogP contribution in [0.3, 0.4) is 0 Å². The number of nitrogens with zero attached hydrogens (tertiary/aromatic N) is 2. The van der Waals surface area contributed by atoms with E-state index in [-0.39, 0.29) is 5.03 Å². The van der Waals surface area contributed by atoms with E-state index in [0.29, 0.717) is 19.5 Å². The lowest BCUT2D eigenvalue weighted by Gasteiger charge is -2.06. The quantitative estimate of drug-likeness (QED) is 0.670. The predicted octanol–water partition coefficient (Wildman–Crippen LogP) is 0.0451.